The molecule has 2 aliphatic heterocycles. The van der Waals surface area contributed by atoms with E-state index in [-0.39, 0.29) is 65.8 Å². The van der Waals surface area contributed by atoms with E-state index in [4.69, 9.17) is 0 Å². The molecule has 2 heterocycles. The minimum absolute atomic E-state index is 0.0523. The molecule has 33 heavy (non-hydrogen) atoms. The fourth-order valence-electron chi connectivity index (χ4n) is 6.24. The van der Waals surface area contributed by atoms with Crippen LogP contribution in [0.5, 0.6) is 0 Å². The van der Waals surface area contributed by atoms with Gasteiger partial charge in [-0.25, -0.2) is 0 Å². The molecule has 174 valence electrons. The predicted octanol–water partition coefficient (Wildman–Crippen LogP) is 2.09. The first-order valence-corrected chi connectivity index (χ1v) is 12.1. The Balaban J connectivity index is 1.12. The number of nitrogens with one attached hydrogen (secondary N) is 1. The van der Waals surface area contributed by atoms with Gasteiger partial charge in [0.1, 0.15) is 6.54 Å². The van der Waals surface area contributed by atoms with Gasteiger partial charge in [0.25, 0.3) is 0 Å². The molecule has 7 nitrogen and oxygen atoms in total. The highest BCUT2D eigenvalue weighted by Crippen LogP contribution is 2.52. The molecule has 0 aromatic heterocycles. The Bertz CT molecular complexity index is 953. The number of nitrogens with zero attached hydrogens (tertiary/aromatic N) is 2. The third-order valence-electron chi connectivity index (χ3n) is 7.94. The zero-order valence-electron chi connectivity index (χ0n) is 19.0. The van der Waals surface area contributed by atoms with Crippen molar-refractivity contribution in [3.63, 3.8) is 0 Å². The molecule has 5 unspecified atom stereocenters. The van der Waals surface area contributed by atoms with Crippen LogP contribution < -0.4 is 5.32 Å². The van der Waals surface area contributed by atoms with Crippen LogP contribution in [-0.2, 0) is 19.2 Å². The summed E-state index contributed by atoms with van der Waals surface area (Å²) in [6.07, 6.45) is 7.07. The van der Waals surface area contributed by atoms with Crippen molar-refractivity contribution in [3.05, 3.63) is 48.0 Å². The van der Waals surface area contributed by atoms with Gasteiger partial charge in [0, 0.05) is 19.1 Å². The van der Waals surface area contributed by atoms with Crippen molar-refractivity contribution >= 4 is 23.6 Å². The topological polar surface area (TPSA) is 86.8 Å². The van der Waals surface area contributed by atoms with Gasteiger partial charge in [0.05, 0.1) is 17.8 Å². The Kier molecular flexibility index (Phi) is 5.81. The van der Waals surface area contributed by atoms with E-state index in [9.17, 15) is 19.2 Å². The molecule has 0 radical (unpaired) electrons. The zero-order valence-corrected chi connectivity index (χ0v) is 19.0. The van der Waals surface area contributed by atoms with Gasteiger partial charge >= 0.3 is 0 Å². The lowest BCUT2D eigenvalue weighted by atomic mass is 9.85. The number of imide groups is 1. The van der Waals surface area contributed by atoms with Crippen LogP contribution in [-0.4, -0.2) is 59.1 Å². The summed E-state index contributed by atoms with van der Waals surface area (Å²) < 4.78 is 0. The Morgan fingerprint density at radius 3 is 2.18 bits per heavy atom. The average Bonchev–Trinajstić information content (AvgIpc) is 3.51. The smallest absolute Gasteiger partial charge is 0.240 e. The molecular formula is C26H31N3O4. The fraction of sp³-hybridized carbons (Fsp3) is 0.538. The molecule has 5 atom stereocenters. The number of piperidine rings is 1. The molecule has 1 saturated carbocycles. The number of likely N-dealkylation sites (tertiary alicyclic amines) is 2. The Labute approximate surface area is 194 Å². The summed E-state index contributed by atoms with van der Waals surface area (Å²) in [6, 6.07) is 9.80. The van der Waals surface area contributed by atoms with E-state index in [1.807, 2.05) is 42.2 Å². The van der Waals surface area contributed by atoms with Gasteiger partial charge in [0.15, 0.2) is 0 Å². The maximum absolute atomic E-state index is 13.1. The maximum atomic E-state index is 13.1. The van der Waals surface area contributed by atoms with Crippen molar-refractivity contribution in [3.8, 4) is 0 Å². The Morgan fingerprint density at radius 2 is 1.61 bits per heavy atom. The highest BCUT2D eigenvalue weighted by atomic mass is 16.2. The summed E-state index contributed by atoms with van der Waals surface area (Å²) in [5.74, 6) is -0.935. The lowest BCUT2D eigenvalue weighted by molar-refractivity contribution is -0.144. The highest BCUT2D eigenvalue weighted by Gasteiger charge is 2.59. The van der Waals surface area contributed by atoms with Crippen LogP contribution in [0.1, 0.15) is 44.1 Å². The number of hydrogen-bond donors (Lipinski definition) is 1. The number of carbonyl (C=O) groups is 4. The standard InChI is InChI=1S/C26H31N3O4/c1-2-20(16-6-4-3-5-7-16)24(31)28-12-10-19(11-13-28)27-21(30)15-29-25(32)22-17-8-9-18(14-17)23(22)26(29)33/h3-9,17-20,22-23H,2,10-15H2,1H3,(H,27,30). The summed E-state index contributed by atoms with van der Waals surface area (Å²) in [5.41, 5.74) is 1.04. The molecule has 2 bridgehead atoms. The van der Waals surface area contributed by atoms with E-state index in [1.54, 1.807) is 0 Å². The van der Waals surface area contributed by atoms with E-state index in [0.717, 1.165) is 18.4 Å². The first kappa shape index (κ1) is 21.9. The molecule has 4 aliphatic rings. The highest BCUT2D eigenvalue weighted by molar-refractivity contribution is 6.08. The molecule has 0 spiro atoms. The second-order valence-electron chi connectivity index (χ2n) is 9.80. The quantitative estimate of drug-likeness (QED) is 0.532. The number of allylic oxidation sites excluding steroid dienone is 2. The van der Waals surface area contributed by atoms with Crippen LogP contribution in [0.25, 0.3) is 0 Å². The zero-order chi connectivity index (χ0) is 23.1. The first-order valence-electron chi connectivity index (χ1n) is 12.1. The van der Waals surface area contributed by atoms with Gasteiger partial charge in [-0.15, -0.1) is 0 Å². The largest absolute Gasteiger partial charge is 0.352 e. The molecule has 1 aromatic rings. The average molecular weight is 450 g/mol. The van der Waals surface area contributed by atoms with Crippen LogP contribution in [0.4, 0.5) is 0 Å². The van der Waals surface area contributed by atoms with Gasteiger partial charge in [-0.1, -0.05) is 49.4 Å². The summed E-state index contributed by atoms with van der Waals surface area (Å²) in [4.78, 5) is 54.4. The summed E-state index contributed by atoms with van der Waals surface area (Å²) in [7, 11) is 0. The van der Waals surface area contributed by atoms with Crippen LogP contribution in [0.15, 0.2) is 42.5 Å². The molecule has 2 aliphatic carbocycles. The van der Waals surface area contributed by atoms with E-state index in [0.29, 0.717) is 25.9 Å². The van der Waals surface area contributed by atoms with Crippen molar-refractivity contribution in [1.29, 1.82) is 0 Å². The van der Waals surface area contributed by atoms with Crippen LogP contribution in [0.2, 0.25) is 0 Å². The number of amides is 4. The summed E-state index contributed by atoms with van der Waals surface area (Å²) >= 11 is 0. The first-order chi connectivity index (χ1) is 16.0. The molecular weight excluding hydrogens is 418 g/mol. The minimum atomic E-state index is -0.294. The predicted molar refractivity (Wildman–Crippen MR) is 122 cm³/mol. The third kappa shape index (κ3) is 3.87. The van der Waals surface area contributed by atoms with E-state index < -0.39 is 0 Å². The van der Waals surface area contributed by atoms with Gasteiger partial charge in [0.2, 0.25) is 23.6 Å². The van der Waals surface area contributed by atoms with Crippen molar-refractivity contribution < 1.29 is 19.2 Å². The van der Waals surface area contributed by atoms with Crippen LogP contribution >= 0.6 is 0 Å². The lowest BCUT2D eigenvalue weighted by Crippen LogP contribution is -2.50. The number of carbonyl (C=O) groups excluding carboxylic acids is 4. The molecule has 1 aromatic carbocycles. The molecule has 4 amide bonds. The molecule has 3 fully saturated rings. The third-order valence-corrected chi connectivity index (χ3v) is 7.94. The lowest BCUT2D eigenvalue weighted by Gasteiger charge is -2.34. The normalized spacial score (nSPS) is 29.5. The van der Waals surface area contributed by atoms with Crippen molar-refractivity contribution in [2.24, 2.45) is 23.7 Å². The number of fused-ring (bicyclic) bond motifs is 5. The minimum Gasteiger partial charge on any atom is -0.352 e. The summed E-state index contributed by atoms with van der Waals surface area (Å²) in [5, 5.41) is 2.99. The molecule has 1 N–H and O–H groups in total. The Hall–Kier alpha value is -2.96. The fourth-order valence-corrected chi connectivity index (χ4v) is 6.24. The number of hydrogen-bond acceptors (Lipinski definition) is 4. The van der Waals surface area contributed by atoms with Gasteiger partial charge < -0.3 is 10.2 Å². The molecule has 5 rings (SSSR count). The molecule has 7 heteroatoms. The Morgan fingerprint density at radius 1 is 1.00 bits per heavy atom. The maximum Gasteiger partial charge on any atom is 0.240 e. The van der Waals surface area contributed by atoms with Crippen LogP contribution in [0.3, 0.4) is 0 Å². The monoisotopic (exact) mass is 449 g/mol. The summed E-state index contributed by atoms with van der Waals surface area (Å²) in [6.45, 7) is 3.01. The van der Waals surface area contributed by atoms with E-state index in [2.05, 4.69) is 17.5 Å². The van der Waals surface area contributed by atoms with Crippen LogP contribution in [0, 0.1) is 23.7 Å². The number of benzene rings is 1. The second kappa shape index (κ2) is 8.76. The second-order valence-corrected chi connectivity index (χ2v) is 9.80. The van der Waals surface area contributed by atoms with Gasteiger partial charge in [-0.05, 0) is 43.1 Å². The van der Waals surface area contributed by atoms with Crippen molar-refractivity contribution in [2.75, 3.05) is 19.6 Å². The van der Waals surface area contributed by atoms with Gasteiger partial charge in [-0.3, -0.25) is 24.1 Å². The van der Waals surface area contributed by atoms with Crippen molar-refractivity contribution in [2.45, 2.75) is 44.6 Å². The molecule has 2 saturated heterocycles. The van der Waals surface area contributed by atoms with E-state index >= 15 is 0 Å². The SMILES string of the molecule is CCC(C(=O)N1CCC(NC(=O)CN2C(=O)C3C4C=CC(C4)C3C2=O)CC1)c1ccccc1. The van der Waals surface area contributed by atoms with Gasteiger partial charge in [-0.2, -0.15) is 0 Å². The van der Waals surface area contributed by atoms with E-state index in [1.165, 1.54) is 4.90 Å². The number of rotatable bonds is 6. The van der Waals surface area contributed by atoms with Crippen molar-refractivity contribution in [1.82, 2.24) is 15.1 Å².